The third-order valence-electron chi connectivity index (χ3n) is 5.20. The van der Waals surface area contributed by atoms with Gasteiger partial charge in [0.25, 0.3) is 11.1 Å². The molecule has 1 N–H and O–H groups in total. The quantitative estimate of drug-likeness (QED) is 0.708. The van der Waals surface area contributed by atoms with Gasteiger partial charge in [-0.25, -0.2) is 0 Å². The summed E-state index contributed by atoms with van der Waals surface area (Å²) in [5.41, 5.74) is 1.44. The van der Waals surface area contributed by atoms with Crippen LogP contribution in [0.3, 0.4) is 0 Å². The lowest BCUT2D eigenvalue weighted by Gasteiger charge is -2.36. The van der Waals surface area contributed by atoms with E-state index in [1.54, 1.807) is 4.90 Å². The maximum atomic E-state index is 12.7. The van der Waals surface area contributed by atoms with Crippen LogP contribution in [0.4, 0.5) is 10.5 Å². The summed E-state index contributed by atoms with van der Waals surface area (Å²) in [4.78, 5) is 42.7. The van der Waals surface area contributed by atoms with Crippen molar-refractivity contribution in [2.75, 3.05) is 37.6 Å². The molecule has 0 spiro atoms. The number of amides is 3. The number of rotatable bonds is 4. The van der Waals surface area contributed by atoms with Crippen molar-refractivity contribution in [2.24, 2.45) is 0 Å². The molecule has 2 fully saturated rings. The zero-order chi connectivity index (χ0) is 22.0. The highest BCUT2D eigenvalue weighted by Crippen LogP contribution is 2.34. The molecule has 0 atom stereocenters. The van der Waals surface area contributed by atoms with Gasteiger partial charge in [0.05, 0.1) is 4.91 Å². The molecule has 2 heterocycles. The molecule has 0 unspecified atom stereocenters. The van der Waals surface area contributed by atoms with E-state index in [4.69, 9.17) is 11.6 Å². The van der Waals surface area contributed by atoms with E-state index in [0.29, 0.717) is 36.8 Å². The third-order valence-corrected chi connectivity index (χ3v) is 6.34. The highest BCUT2D eigenvalue weighted by atomic mass is 35.5. The number of hydrogen-bond donors (Lipinski definition) is 1. The molecule has 160 valence electrons. The van der Waals surface area contributed by atoms with Crippen LogP contribution in [-0.4, -0.2) is 64.7 Å². The first-order chi connectivity index (χ1) is 14.9. The van der Waals surface area contributed by atoms with E-state index < -0.39 is 11.1 Å². The van der Waals surface area contributed by atoms with E-state index in [-0.39, 0.29) is 23.1 Å². The van der Waals surface area contributed by atoms with Crippen molar-refractivity contribution in [2.45, 2.75) is 0 Å². The summed E-state index contributed by atoms with van der Waals surface area (Å²) in [5, 5.41) is 9.84. The second kappa shape index (κ2) is 9.03. The smallest absolute Gasteiger partial charge is 0.294 e. The van der Waals surface area contributed by atoms with E-state index >= 15 is 0 Å². The highest BCUT2D eigenvalue weighted by molar-refractivity contribution is 8.18. The fraction of sp³-hybridized carbons (Fsp3) is 0.227. The van der Waals surface area contributed by atoms with Crippen molar-refractivity contribution >= 4 is 52.2 Å². The molecule has 0 aliphatic carbocycles. The molecule has 31 heavy (non-hydrogen) atoms. The predicted molar refractivity (Wildman–Crippen MR) is 121 cm³/mol. The van der Waals surface area contributed by atoms with Crippen LogP contribution < -0.4 is 4.90 Å². The van der Waals surface area contributed by atoms with Gasteiger partial charge in [0, 0.05) is 42.5 Å². The number of carbonyl (C=O) groups excluding carboxylic acids is 3. The van der Waals surface area contributed by atoms with Crippen LogP contribution in [0, 0.1) is 0 Å². The molecular formula is C22H20ClN3O4S. The zero-order valence-electron chi connectivity index (χ0n) is 16.5. The maximum Gasteiger partial charge on any atom is 0.294 e. The van der Waals surface area contributed by atoms with Gasteiger partial charge in [-0.15, -0.1) is 0 Å². The lowest BCUT2D eigenvalue weighted by Crippen LogP contribution is -2.51. The van der Waals surface area contributed by atoms with Crippen molar-refractivity contribution in [3.05, 3.63) is 64.0 Å². The Morgan fingerprint density at radius 2 is 1.77 bits per heavy atom. The van der Waals surface area contributed by atoms with Gasteiger partial charge in [-0.1, -0.05) is 29.8 Å². The fourth-order valence-electron chi connectivity index (χ4n) is 3.51. The van der Waals surface area contributed by atoms with Crippen LogP contribution in [0.2, 0.25) is 5.02 Å². The van der Waals surface area contributed by atoms with E-state index in [1.807, 2.05) is 30.3 Å². The van der Waals surface area contributed by atoms with Crippen molar-refractivity contribution in [1.29, 1.82) is 0 Å². The number of para-hydroxylation sites is 1. The molecule has 7 nitrogen and oxygen atoms in total. The van der Waals surface area contributed by atoms with Crippen molar-refractivity contribution in [3.63, 3.8) is 0 Å². The Hall–Kier alpha value is -2.97. The van der Waals surface area contributed by atoms with Crippen LogP contribution in [0.1, 0.15) is 5.56 Å². The van der Waals surface area contributed by atoms with Crippen molar-refractivity contribution < 1.29 is 19.5 Å². The summed E-state index contributed by atoms with van der Waals surface area (Å²) >= 11 is 6.68. The Morgan fingerprint density at radius 1 is 1.06 bits per heavy atom. The Bertz CT molecular complexity index is 1050. The monoisotopic (exact) mass is 457 g/mol. The van der Waals surface area contributed by atoms with Gasteiger partial charge < -0.3 is 14.9 Å². The largest absolute Gasteiger partial charge is 0.507 e. The minimum Gasteiger partial charge on any atom is -0.507 e. The lowest BCUT2D eigenvalue weighted by atomic mass is 10.2. The molecule has 2 aliphatic rings. The summed E-state index contributed by atoms with van der Waals surface area (Å²) in [6.45, 7) is 2.12. The number of benzene rings is 2. The number of halogens is 1. The molecule has 0 saturated carbocycles. The lowest BCUT2D eigenvalue weighted by molar-refractivity contribution is -0.136. The van der Waals surface area contributed by atoms with E-state index in [9.17, 15) is 19.5 Å². The number of anilines is 1. The van der Waals surface area contributed by atoms with Gasteiger partial charge in [-0.05, 0) is 48.2 Å². The number of aromatic hydroxyl groups is 1. The summed E-state index contributed by atoms with van der Waals surface area (Å²) in [5.74, 6) is -0.865. The maximum absolute atomic E-state index is 12.7. The van der Waals surface area contributed by atoms with E-state index in [1.165, 1.54) is 24.3 Å². The van der Waals surface area contributed by atoms with Gasteiger partial charge in [0.15, 0.2) is 0 Å². The molecule has 2 aromatic rings. The first kappa shape index (κ1) is 21.3. The average Bonchev–Trinajstić information content (AvgIpc) is 3.04. The number of phenols is 1. The molecule has 0 bridgehead atoms. The van der Waals surface area contributed by atoms with Crippen LogP contribution in [0.5, 0.6) is 5.75 Å². The van der Waals surface area contributed by atoms with E-state index in [0.717, 1.165) is 22.3 Å². The fourth-order valence-corrected chi connectivity index (χ4v) is 4.52. The minimum atomic E-state index is -0.550. The molecular weight excluding hydrogens is 438 g/mol. The molecule has 0 aromatic heterocycles. The number of nitrogens with zero attached hydrogens (tertiary/aromatic N) is 3. The van der Waals surface area contributed by atoms with Gasteiger partial charge in [0.1, 0.15) is 12.3 Å². The van der Waals surface area contributed by atoms with Crippen LogP contribution in [0.25, 0.3) is 6.08 Å². The highest BCUT2D eigenvalue weighted by Gasteiger charge is 2.37. The average molecular weight is 458 g/mol. The number of phenolic OH excluding ortho intramolecular Hbond substituents is 1. The van der Waals surface area contributed by atoms with Crippen molar-refractivity contribution in [3.8, 4) is 5.75 Å². The topological polar surface area (TPSA) is 81.2 Å². The van der Waals surface area contributed by atoms with Gasteiger partial charge >= 0.3 is 0 Å². The number of imide groups is 1. The normalized spacial score (nSPS) is 18.2. The molecule has 2 aliphatic heterocycles. The second-order valence-corrected chi connectivity index (χ2v) is 8.60. The number of thioether (sulfide) groups is 1. The Kier molecular flexibility index (Phi) is 6.20. The standard InChI is InChI=1S/C22H20ClN3O4S/c23-16-6-7-18(27)15(12-16)13-19-21(29)26(22(30)31-19)14-20(28)25-10-8-24(9-11-25)17-4-2-1-3-5-17/h1-7,12-13,27H,8-11,14H2/b19-13+. The predicted octanol–water partition coefficient (Wildman–Crippen LogP) is 3.43. The SMILES string of the molecule is O=C(CN1C(=O)S/C(=C/c2cc(Cl)ccc2O)C1=O)N1CCN(c2ccccc2)CC1. The second-order valence-electron chi connectivity index (χ2n) is 7.17. The Balaban J connectivity index is 1.39. The summed E-state index contributed by atoms with van der Waals surface area (Å²) < 4.78 is 0. The van der Waals surface area contributed by atoms with Crippen LogP contribution in [-0.2, 0) is 9.59 Å². The van der Waals surface area contributed by atoms with Gasteiger partial charge in [-0.2, -0.15) is 0 Å². The molecule has 0 radical (unpaired) electrons. The molecule has 9 heteroatoms. The van der Waals surface area contributed by atoms with E-state index in [2.05, 4.69) is 4.90 Å². The number of carbonyl (C=O) groups is 3. The molecule has 2 aromatic carbocycles. The molecule has 4 rings (SSSR count). The third kappa shape index (κ3) is 4.70. The minimum absolute atomic E-state index is 0.0523. The first-order valence-corrected chi connectivity index (χ1v) is 10.9. The first-order valence-electron chi connectivity index (χ1n) is 9.74. The van der Waals surface area contributed by atoms with Gasteiger partial charge in [0.2, 0.25) is 5.91 Å². The summed E-state index contributed by atoms with van der Waals surface area (Å²) in [7, 11) is 0. The summed E-state index contributed by atoms with van der Waals surface area (Å²) in [6, 6.07) is 14.4. The molecule has 2 saturated heterocycles. The zero-order valence-corrected chi connectivity index (χ0v) is 18.1. The Labute approximate surface area is 188 Å². The Morgan fingerprint density at radius 3 is 2.48 bits per heavy atom. The number of hydrogen-bond acceptors (Lipinski definition) is 6. The summed E-state index contributed by atoms with van der Waals surface area (Å²) in [6.07, 6.45) is 1.41. The van der Waals surface area contributed by atoms with Gasteiger partial charge in [-0.3, -0.25) is 19.3 Å². The van der Waals surface area contributed by atoms with Crippen LogP contribution in [0.15, 0.2) is 53.4 Å². The van der Waals surface area contributed by atoms with Crippen molar-refractivity contribution in [1.82, 2.24) is 9.80 Å². The number of piperazine rings is 1. The van der Waals surface area contributed by atoms with Crippen LogP contribution >= 0.6 is 23.4 Å². The molecule has 3 amide bonds.